The normalized spacial score (nSPS) is 19.2. The van der Waals surface area contributed by atoms with Crippen LogP contribution >= 0.6 is 0 Å². The van der Waals surface area contributed by atoms with Crippen molar-refractivity contribution in [2.45, 2.75) is 33.0 Å². The first-order valence-corrected chi connectivity index (χ1v) is 5.23. The molecular weight excluding hydrogens is 174 g/mol. The van der Waals surface area contributed by atoms with Crippen LogP contribution in [0.25, 0.3) is 0 Å². The van der Waals surface area contributed by atoms with Gasteiger partial charge >= 0.3 is 0 Å². The highest BCUT2D eigenvalue weighted by molar-refractivity contribution is 5.29. The second-order valence-electron chi connectivity index (χ2n) is 3.08. The molecule has 1 aliphatic rings. The van der Waals surface area contributed by atoms with E-state index in [9.17, 15) is 0 Å². The average molecular weight is 193 g/mol. The van der Waals surface area contributed by atoms with E-state index in [0.29, 0.717) is 0 Å². The van der Waals surface area contributed by atoms with Crippen LogP contribution in [0.3, 0.4) is 0 Å². The van der Waals surface area contributed by atoms with Gasteiger partial charge in [-0.25, -0.2) is 0 Å². The molecule has 14 heavy (non-hydrogen) atoms. The van der Waals surface area contributed by atoms with Crippen LogP contribution in [0.2, 0.25) is 0 Å². The largest absolute Gasteiger partial charge is 0.366 e. The average Bonchev–Trinajstić information content (AvgIpc) is 2.31. The van der Waals surface area contributed by atoms with Gasteiger partial charge in [0.25, 0.3) is 0 Å². The zero-order valence-corrected chi connectivity index (χ0v) is 9.21. The number of rotatable bonds is 1. The topological polar surface area (TPSA) is 21.3 Å². The van der Waals surface area contributed by atoms with E-state index in [0.717, 1.165) is 13.0 Å². The molecule has 1 atom stereocenters. The van der Waals surface area contributed by atoms with Crippen molar-refractivity contribution in [1.29, 1.82) is 0 Å². The van der Waals surface area contributed by atoms with Gasteiger partial charge < -0.3 is 4.74 Å². The maximum Gasteiger partial charge on any atom is 0.112 e. The van der Waals surface area contributed by atoms with Gasteiger partial charge in [-0.05, 0) is 11.1 Å². The third kappa shape index (κ3) is 2.56. The Morgan fingerprint density at radius 1 is 1.21 bits per heavy atom. The highest BCUT2D eigenvalue weighted by Gasteiger charge is 2.15. The number of ether oxygens (including phenoxy) is 1. The summed E-state index contributed by atoms with van der Waals surface area (Å²) in [5.74, 6) is 0. The van der Waals surface area contributed by atoms with Crippen LogP contribution in [-0.4, -0.2) is 13.3 Å². The fourth-order valence-corrected chi connectivity index (χ4v) is 1.59. The smallest absolute Gasteiger partial charge is 0.112 e. The van der Waals surface area contributed by atoms with E-state index in [1.807, 2.05) is 13.8 Å². The summed E-state index contributed by atoms with van der Waals surface area (Å²) in [5.41, 5.74) is 2.80. The monoisotopic (exact) mass is 193 g/mol. The van der Waals surface area contributed by atoms with Crippen LogP contribution in [-0.2, 0) is 17.7 Å². The summed E-state index contributed by atoms with van der Waals surface area (Å²) in [4.78, 5) is 0. The second kappa shape index (κ2) is 5.78. The van der Waals surface area contributed by atoms with Crippen LogP contribution in [0.1, 0.15) is 25.0 Å². The van der Waals surface area contributed by atoms with Crippen molar-refractivity contribution in [2.75, 3.05) is 7.11 Å². The Hall–Kier alpha value is -0.860. The van der Waals surface area contributed by atoms with Gasteiger partial charge in [-0.3, -0.25) is 5.32 Å². The van der Waals surface area contributed by atoms with Crippen molar-refractivity contribution in [1.82, 2.24) is 5.32 Å². The van der Waals surface area contributed by atoms with Crippen LogP contribution in [0, 0.1) is 0 Å². The fraction of sp³-hybridized carbons (Fsp3) is 0.500. The molecule has 0 aliphatic carbocycles. The fourth-order valence-electron chi connectivity index (χ4n) is 1.59. The Morgan fingerprint density at radius 3 is 2.50 bits per heavy atom. The molecule has 1 unspecified atom stereocenters. The van der Waals surface area contributed by atoms with Gasteiger partial charge in [-0.15, -0.1) is 0 Å². The lowest BCUT2D eigenvalue weighted by atomic mass is 10.0. The lowest BCUT2D eigenvalue weighted by molar-refractivity contribution is 0.0672. The van der Waals surface area contributed by atoms with E-state index in [1.54, 1.807) is 7.11 Å². The first-order valence-electron chi connectivity index (χ1n) is 5.23. The number of benzene rings is 1. The summed E-state index contributed by atoms with van der Waals surface area (Å²) >= 11 is 0. The zero-order chi connectivity index (χ0) is 10.4. The molecule has 0 radical (unpaired) electrons. The maximum atomic E-state index is 5.24. The molecule has 0 saturated carbocycles. The Bertz CT molecular complexity index is 273. The molecule has 0 aromatic heterocycles. The predicted octanol–water partition coefficient (Wildman–Crippen LogP) is 2.33. The molecule has 0 amide bonds. The van der Waals surface area contributed by atoms with E-state index in [2.05, 4.69) is 29.6 Å². The molecule has 1 aliphatic heterocycles. The predicted molar refractivity (Wildman–Crippen MR) is 59.1 cm³/mol. The molecule has 2 nitrogen and oxygen atoms in total. The number of fused-ring (bicyclic) bond motifs is 1. The molecular formula is C12H19NO. The van der Waals surface area contributed by atoms with Crippen LogP contribution in [0.5, 0.6) is 0 Å². The van der Waals surface area contributed by atoms with Gasteiger partial charge in [-0.1, -0.05) is 38.1 Å². The molecule has 2 heteroatoms. The van der Waals surface area contributed by atoms with Crippen molar-refractivity contribution in [3.63, 3.8) is 0 Å². The lowest BCUT2D eigenvalue weighted by Crippen LogP contribution is -2.36. The number of hydrogen-bond acceptors (Lipinski definition) is 2. The van der Waals surface area contributed by atoms with Gasteiger partial charge in [0.05, 0.1) is 0 Å². The van der Waals surface area contributed by atoms with E-state index in [1.165, 1.54) is 11.1 Å². The van der Waals surface area contributed by atoms with Gasteiger partial charge in [-0.2, -0.15) is 0 Å². The van der Waals surface area contributed by atoms with E-state index < -0.39 is 0 Å². The molecule has 2 rings (SSSR count). The maximum absolute atomic E-state index is 5.24. The molecule has 0 spiro atoms. The van der Waals surface area contributed by atoms with Crippen molar-refractivity contribution in [2.24, 2.45) is 0 Å². The van der Waals surface area contributed by atoms with E-state index in [4.69, 9.17) is 4.74 Å². The van der Waals surface area contributed by atoms with Gasteiger partial charge in [0, 0.05) is 20.1 Å². The van der Waals surface area contributed by atoms with Gasteiger partial charge in [0.1, 0.15) is 6.23 Å². The summed E-state index contributed by atoms with van der Waals surface area (Å²) in [6.45, 7) is 4.93. The number of hydrogen-bond donors (Lipinski definition) is 1. The lowest BCUT2D eigenvalue weighted by Gasteiger charge is -2.24. The van der Waals surface area contributed by atoms with Crippen molar-refractivity contribution in [3.05, 3.63) is 35.4 Å². The summed E-state index contributed by atoms with van der Waals surface area (Å²) in [5, 5.41) is 3.30. The summed E-state index contributed by atoms with van der Waals surface area (Å²) < 4.78 is 5.24. The molecule has 0 bridgehead atoms. The minimum atomic E-state index is 0.194. The van der Waals surface area contributed by atoms with Gasteiger partial charge in [0.2, 0.25) is 0 Å². The second-order valence-corrected chi connectivity index (χ2v) is 3.08. The first-order chi connectivity index (χ1) is 6.90. The van der Waals surface area contributed by atoms with Crippen LogP contribution < -0.4 is 5.32 Å². The molecule has 1 aromatic carbocycles. The summed E-state index contributed by atoms with van der Waals surface area (Å²) in [6, 6.07) is 8.49. The van der Waals surface area contributed by atoms with Crippen LogP contribution in [0.15, 0.2) is 24.3 Å². The zero-order valence-electron chi connectivity index (χ0n) is 9.21. The van der Waals surface area contributed by atoms with Crippen LogP contribution in [0.4, 0.5) is 0 Å². The molecule has 0 saturated heterocycles. The summed E-state index contributed by atoms with van der Waals surface area (Å²) in [7, 11) is 1.74. The molecule has 78 valence electrons. The van der Waals surface area contributed by atoms with Crippen molar-refractivity contribution < 1.29 is 4.74 Å². The van der Waals surface area contributed by atoms with Gasteiger partial charge in [0.15, 0.2) is 0 Å². The van der Waals surface area contributed by atoms with E-state index in [-0.39, 0.29) is 6.23 Å². The summed E-state index contributed by atoms with van der Waals surface area (Å²) in [6.07, 6.45) is 1.17. The quantitative estimate of drug-likeness (QED) is 0.739. The molecule has 1 N–H and O–H groups in total. The Labute approximate surface area is 86.3 Å². The number of nitrogens with one attached hydrogen (secondary N) is 1. The number of methoxy groups -OCH3 is 1. The third-order valence-electron chi connectivity index (χ3n) is 2.33. The van der Waals surface area contributed by atoms with Crippen molar-refractivity contribution in [3.8, 4) is 0 Å². The minimum absolute atomic E-state index is 0.194. The Balaban J connectivity index is 0.000000461. The Kier molecular flexibility index (Phi) is 4.63. The first kappa shape index (κ1) is 11.2. The molecule has 0 fully saturated rings. The van der Waals surface area contributed by atoms with Crippen molar-refractivity contribution >= 4 is 0 Å². The van der Waals surface area contributed by atoms with E-state index >= 15 is 0 Å². The highest BCUT2D eigenvalue weighted by Crippen LogP contribution is 2.15. The third-order valence-corrected chi connectivity index (χ3v) is 2.33. The molecule has 1 heterocycles. The Morgan fingerprint density at radius 2 is 1.86 bits per heavy atom. The molecule has 1 aromatic rings. The standard InChI is InChI=1S/C10H13NO.C2H6/c1-12-10-6-8-4-2-3-5-9(8)7-11-10;1-2/h2-5,10-11H,6-7H2,1H3;1-2H3. The highest BCUT2D eigenvalue weighted by atomic mass is 16.5. The SMILES string of the molecule is CC.COC1Cc2ccccc2CN1. The minimum Gasteiger partial charge on any atom is -0.366 e.